The molecule has 0 saturated carbocycles. The molecule has 88 valence electrons. The van der Waals surface area contributed by atoms with E-state index in [9.17, 15) is 4.79 Å². The molecule has 0 aliphatic rings. The van der Waals surface area contributed by atoms with E-state index in [1.54, 1.807) is 6.92 Å². The number of hydrogen-bond donors (Lipinski definition) is 1. The van der Waals surface area contributed by atoms with Crippen LogP contribution >= 0.6 is 0 Å². The molecule has 0 spiro atoms. The second-order valence-corrected chi connectivity index (χ2v) is 4.38. The van der Waals surface area contributed by atoms with Gasteiger partial charge in [-0.05, 0) is 20.3 Å². The van der Waals surface area contributed by atoms with E-state index in [0.29, 0.717) is 12.6 Å². The maximum absolute atomic E-state index is 10.8. The van der Waals surface area contributed by atoms with Gasteiger partial charge in [-0.15, -0.1) is 0 Å². The second kappa shape index (κ2) is 6.62. The lowest BCUT2D eigenvalue weighted by Crippen LogP contribution is -2.39. The van der Waals surface area contributed by atoms with Gasteiger partial charge in [-0.2, -0.15) is 0 Å². The molecular formula is C12H23NO2. The number of rotatable bonds is 7. The van der Waals surface area contributed by atoms with Crippen molar-refractivity contribution in [2.24, 2.45) is 5.92 Å². The van der Waals surface area contributed by atoms with Crippen LogP contribution in [0.3, 0.4) is 0 Å². The quantitative estimate of drug-likeness (QED) is 0.660. The van der Waals surface area contributed by atoms with Crippen LogP contribution in [0.1, 0.15) is 34.1 Å². The van der Waals surface area contributed by atoms with Crippen molar-refractivity contribution in [3.05, 3.63) is 12.2 Å². The van der Waals surface area contributed by atoms with Crippen LogP contribution in [0.2, 0.25) is 0 Å². The maximum Gasteiger partial charge on any atom is 0.307 e. The molecule has 0 aromatic rings. The first-order chi connectivity index (χ1) is 6.88. The lowest BCUT2D eigenvalue weighted by Gasteiger charge is -2.29. The normalized spacial score (nSPS) is 15.0. The molecule has 0 amide bonds. The second-order valence-electron chi connectivity index (χ2n) is 4.38. The van der Waals surface area contributed by atoms with Crippen LogP contribution in [0.4, 0.5) is 0 Å². The number of nitrogens with zero attached hydrogens (tertiary/aromatic N) is 1. The molecule has 0 aliphatic heterocycles. The van der Waals surface area contributed by atoms with Crippen molar-refractivity contribution in [2.45, 2.75) is 40.2 Å². The minimum Gasteiger partial charge on any atom is -0.481 e. The van der Waals surface area contributed by atoms with Gasteiger partial charge in [0.05, 0.1) is 5.92 Å². The van der Waals surface area contributed by atoms with Crippen LogP contribution in [-0.4, -0.2) is 35.1 Å². The Hall–Kier alpha value is -0.830. The number of hydrogen-bond acceptors (Lipinski definition) is 2. The standard InChI is InChI=1S/C12H23NO2/c1-6-11(5)13(7-9(2)3)8-10(4)12(14)15/h10-11H,2,6-8H2,1,3-5H3,(H,14,15). The molecule has 0 fully saturated rings. The molecule has 3 nitrogen and oxygen atoms in total. The smallest absolute Gasteiger partial charge is 0.307 e. The fourth-order valence-corrected chi connectivity index (χ4v) is 1.44. The molecule has 0 radical (unpaired) electrons. The highest BCUT2D eigenvalue weighted by atomic mass is 16.4. The minimum absolute atomic E-state index is 0.321. The van der Waals surface area contributed by atoms with E-state index in [2.05, 4.69) is 25.3 Å². The lowest BCUT2D eigenvalue weighted by molar-refractivity contribution is -0.141. The van der Waals surface area contributed by atoms with E-state index >= 15 is 0 Å². The topological polar surface area (TPSA) is 40.5 Å². The molecule has 0 rings (SSSR count). The summed E-state index contributed by atoms with van der Waals surface area (Å²) in [5.74, 6) is -1.05. The molecule has 15 heavy (non-hydrogen) atoms. The number of carboxylic acid groups (broad SMARTS) is 1. The third-order valence-corrected chi connectivity index (χ3v) is 2.62. The molecule has 0 bridgehead atoms. The monoisotopic (exact) mass is 213 g/mol. The average Bonchev–Trinajstić information content (AvgIpc) is 2.14. The van der Waals surface area contributed by atoms with Gasteiger partial charge in [0.2, 0.25) is 0 Å². The summed E-state index contributed by atoms with van der Waals surface area (Å²) in [6.07, 6.45) is 1.03. The number of carbonyl (C=O) groups is 1. The summed E-state index contributed by atoms with van der Waals surface area (Å²) < 4.78 is 0. The van der Waals surface area contributed by atoms with Crippen molar-refractivity contribution in [2.75, 3.05) is 13.1 Å². The van der Waals surface area contributed by atoms with Gasteiger partial charge in [-0.3, -0.25) is 9.69 Å². The third kappa shape index (κ3) is 5.57. The van der Waals surface area contributed by atoms with E-state index in [4.69, 9.17) is 5.11 Å². The first kappa shape index (κ1) is 14.2. The minimum atomic E-state index is -0.731. The van der Waals surface area contributed by atoms with E-state index in [1.807, 2.05) is 6.92 Å². The van der Waals surface area contributed by atoms with Crippen LogP contribution in [0, 0.1) is 5.92 Å². The summed E-state index contributed by atoms with van der Waals surface area (Å²) in [6.45, 7) is 13.2. The van der Waals surface area contributed by atoms with Crippen molar-refractivity contribution in [1.82, 2.24) is 4.90 Å². The zero-order valence-electron chi connectivity index (χ0n) is 10.3. The molecule has 0 saturated heterocycles. The van der Waals surface area contributed by atoms with E-state index in [0.717, 1.165) is 18.5 Å². The summed E-state index contributed by atoms with van der Waals surface area (Å²) in [6, 6.07) is 0.406. The molecule has 0 aromatic heterocycles. The molecule has 0 aromatic carbocycles. The van der Waals surface area contributed by atoms with Gasteiger partial charge in [0.15, 0.2) is 0 Å². The summed E-state index contributed by atoms with van der Waals surface area (Å²) in [5.41, 5.74) is 1.08. The van der Waals surface area contributed by atoms with Gasteiger partial charge < -0.3 is 5.11 Å². The van der Waals surface area contributed by atoms with E-state index < -0.39 is 5.97 Å². The van der Waals surface area contributed by atoms with Crippen molar-refractivity contribution in [1.29, 1.82) is 0 Å². The lowest BCUT2D eigenvalue weighted by atomic mass is 10.1. The third-order valence-electron chi connectivity index (χ3n) is 2.62. The van der Waals surface area contributed by atoms with E-state index in [1.165, 1.54) is 0 Å². The Morgan fingerprint density at radius 1 is 1.47 bits per heavy atom. The predicted molar refractivity (Wildman–Crippen MR) is 62.9 cm³/mol. The molecule has 2 unspecified atom stereocenters. The fourth-order valence-electron chi connectivity index (χ4n) is 1.44. The SMILES string of the molecule is C=C(C)CN(CC(C)C(=O)O)C(C)CC. The van der Waals surface area contributed by atoms with Crippen LogP contribution in [0.15, 0.2) is 12.2 Å². The van der Waals surface area contributed by atoms with Crippen molar-refractivity contribution in [3.63, 3.8) is 0 Å². The largest absolute Gasteiger partial charge is 0.481 e. The fraction of sp³-hybridized carbons (Fsp3) is 0.750. The first-order valence-corrected chi connectivity index (χ1v) is 5.49. The van der Waals surface area contributed by atoms with Gasteiger partial charge in [0.1, 0.15) is 0 Å². The zero-order chi connectivity index (χ0) is 12.0. The summed E-state index contributed by atoms with van der Waals surface area (Å²) in [4.78, 5) is 13.0. The Kier molecular flexibility index (Phi) is 6.25. The molecular weight excluding hydrogens is 190 g/mol. The highest BCUT2D eigenvalue weighted by molar-refractivity contribution is 5.69. The van der Waals surface area contributed by atoms with Crippen molar-refractivity contribution in [3.8, 4) is 0 Å². The summed E-state index contributed by atoms with van der Waals surface area (Å²) in [5, 5.41) is 8.87. The molecule has 3 heteroatoms. The Morgan fingerprint density at radius 2 is 2.00 bits per heavy atom. The highest BCUT2D eigenvalue weighted by Crippen LogP contribution is 2.10. The average molecular weight is 213 g/mol. The van der Waals surface area contributed by atoms with Crippen LogP contribution in [0.25, 0.3) is 0 Å². The predicted octanol–water partition coefficient (Wildman–Crippen LogP) is 2.38. The number of carboxylic acids is 1. The Balaban J connectivity index is 4.36. The molecule has 0 aliphatic carbocycles. The molecule has 0 heterocycles. The zero-order valence-corrected chi connectivity index (χ0v) is 10.3. The van der Waals surface area contributed by atoms with Gasteiger partial charge >= 0.3 is 5.97 Å². The summed E-state index contributed by atoms with van der Waals surface area (Å²) in [7, 11) is 0. The first-order valence-electron chi connectivity index (χ1n) is 5.49. The highest BCUT2D eigenvalue weighted by Gasteiger charge is 2.19. The molecule has 2 atom stereocenters. The van der Waals surface area contributed by atoms with Crippen molar-refractivity contribution >= 4 is 5.97 Å². The van der Waals surface area contributed by atoms with Gasteiger partial charge in [0.25, 0.3) is 0 Å². The van der Waals surface area contributed by atoms with Crippen LogP contribution < -0.4 is 0 Å². The number of aliphatic carboxylic acids is 1. The van der Waals surface area contributed by atoms with Gasteiger partial charge in [0, 0.05) is 19.1 Å². The van der Waals surface area contributed by atoms with Gasteiger partial charge in [-0.1, -0.05) is 26.0 Å². The Morgan fingerprint density at radius 3 is 2.33 bits per heavy atom. The van der Waals surface area contributed by atoms with E-state index in [-0.39, 0.29) is 5.92 Å². The van der Waals surface area contributed by atoms with Gasteiger partial charge in [-0.25, -0.2) is 0 Å². The van der Waals surface area contributed by atoms with Crippen molar-refractivity contribution < 1.29 is 9.90 Å². The van der Waals surface area contributed by atoms with Crippen LogP contribution in [-0.2, 0) is 4.79 Å². The Bertz CT molecular complexity index is 226. The maximum atomic E-state index is 10.8. The summed E-state index contributed by atoms with van der Waals surface area (Å²) >= 11 is 0. The molecule has 1 N–H and O–H groups in total. The van der Waals surface area contributed by atoms with Crippen LogP contribution in [0.5, 0.6) is 0 Å². The Labute approximate surface area is 92.8 Å².